The molecule has 3 rings (SSSR count). The van der Waals surface area contributed by atoms with Gasteiger partial charge in [0.25, 0.3) is 0 Å². The lowest BCUT2D eigenvalue weighted by molar-refractivity contribution is -0.115. The predicted molar refractivity (Wildman–Crippen MR) is 99.1 cm³/mol. The van der Waals surface area contributed by atoms with E-state index in [1.165, 1.54) is 6.33 Å². The molecule has 25 heavy (non-hydrogen) atoms. The number of aromatic nitrogens is 4. The van der Waals surface area contributed by atoms with Gasteiger partial charge in [-0.25, -0.2) is 14.6 Å². The van der Waals surface area contributed by atoms with E-state index in [-0.39, 0.29) is 11.4 Å². The highest BCUT2D eigenvalue weighted by molar-refractivity contribution is 5.98. The molecule has 0 unspecified atom stereocenters. The second-order valence-corrected chi connectivity index (χ2v) is 6.87. The molecule has 0 saturated heterocycles. The van der Waals surface area contributed by atoms with Crippen molar-refractivity contribution in [2.45, 2.75) is 39.7 Å². The Kier molecular flexibility index (Phi) is 4.16. The van der Waals surface area contributed by atoms with Crippen molar-refractivity contribution in [2.75, 3.05) is 11.1 Å². The lowest BCUT2D eigenvalue weighted by Crippen LogP contribution is -2.23. The molecule has 3 aromatic rings. The number of carbonyl (C=O) groups is 1. The van der Waals surface area contributed by atoms with Crippen LogP contribution in [0.2, 0.25) is 0 Å². The van der Waals surface area contributed by atoms with Crippen molar-refractivity contribution in [1.82, 2.24) is 19.7 Å². The minimum absolute atomic E-state index is 0.0205. The van der Waals surface area contributed by atoms with Crippen LogP contribution < -0.4 is 11.1 Å². The van der Waals surface area contributed by atoms with E-state index in [0.717, 1.165) is 22.3 Å². The van der Waals surface area contributed by atoms with E-state index in [1.807, 2.05) is 35.9 Å². The minimum atomic E-state index is -0.244. The molecular weight excluding hydrogens is 316 g/mol. The molecule has 3 N–H and O–H groups in total. The Balaban J connectivity index is 2.11. The van der Waals surface area contributed by atoms with Gasteiger partial charge in [-0.15, -0.1) is 0 Å². The molecule has 7 nitrogen and oxygen atoms in total. The van der Waals surface area contributed by atoms with Crippen LogP contribution in [0.1, 0.15) is 34.1 Å². The Labute approximate surface area is 146 Å². The van der Waals surface area contributed by atoms with Gasteiger partial charge in [0.05, 0.1) is 10.9 Å². The Bertz CT molecular complexity index is 921. The van der Waals surface area contributed by atoms with Crippen molar-refractivity contribution in [3.63, 3.8) is 0 Å². The number of nitrogens with zero attached hydrogens (tertiary/aromatic N) is 4. The van der Waals surface area contributed by atoms with Crippen LogP contribution in [-0.4, -0.2) is 25.7 Å². The number of nitrogens with two attached hydrogens (primary N) is 1. The van der Waals surface area contributed by atoms with E-state index in [9.17, 15) is 4.79 Å². The zero-order valence-corrected chi connectivity index (χ0v) is 14.9. The standard InChI is InChI=1S/C18H22N6O/c1-5-13(25)22-12-8-6-11(7-9-12)15-14-16(19)20-10-21-17(14)24(23-15)18(2,3)4/h6-10H,5H2,1-4H3,(H,22,25)(H2,19,20,21). The molecule has 0 aliphatic rings. The first kappa shape index (κ1) is 16.9. The monoisotopic (exact) mass is 338 g/mol. The number of hydrogen-bond acceptors (Lipinski definition) is 5. The predicted octanol–water partition coefficient (Wildman–Crippen LogP) is 3.18. The third-order valence-electron chi connectivity index (χ3n) is 3.89. The highest BCUT2D eigenvalue weighted by Gasteiger charge is 2.23. The van der Waals surface area contributed by atoms with E-state index < -0.39 is 0 Å². The summed E-state index contributed by atoms with van der Waals surface area (Å²) in [5.41, 5.74) is 8.94. The number of nitrogens with one attached hydrogen (secondary N) is 1. The SMILES string of the molecule is CCC(=O)Nc1ccc(-c2nn(C(C)(C)C)c3ncnc(N)c23)cc1. The van der Waals surface area contributed by atoms with Crippen molar-refractivity contribution < 1.29 is 4.79 Å². The highest BCUT2D eigenvalue weighted by Crippen LogP contribution is 2.33. The molecule has 0 bridgehead atoms. The van der Waals surface area contributed by atoms with Crippen molar-refractivity contribution in [1.29, 1.82) is 0 Å². The summed E-state index contributed by atoms with van der Waals surface area (Å²) in [5.74, 6) is 0.381. The van der Waals surface area contributed by atoms with Gasteiger partial charge < -0.3 is 11.1 Å². The molecule has 1 aromatic carbocycles. The van der Waals surface area contributed by atoms with Crippen LogP contribution in [-0.2, 0) is 10.3 Å². The lowest BCUT2D eigenvalue weighted by Gasteiger charge is -2.19. The zero-order valence-electron chi connectivity index (χ0n) is 14.9. The van der Waals surface area contributed by atoms with Crippen LogP contribution in [0.15, 0.2) is 30.6 Å². The summed E-state index contributed by atoms with van der Waals surface area (Å²) >= 11 is 0. The second kappa shape index (κ2) is 6.16. The summed E-state index contributed by atoms with van der Waals surface area (Å²) in [4.78, 5) is 20.0. The van der Waals surface area contributed by atoms with Crippen LogP contribution in [0.25, 0.3) is 22.3 Å². The molecule has 7 heteroatoms. The van der Waals surface area contributed by atoms with Crippen molar-refractivity contribution in [3.8, 4) is 11.3 Å². The van der Waals surface area contributed by atoms with Crippen molar-refractivity contribution in [3.05, 3.63) is 30.6 Å². The topological polar surface area (TPSA) is 98.7 Å². The smallest absolute Gasteiger partial charge is 0.224 e. The maximum absolute atomic E-state index is 11.5. The molecule has 0 spiro atoms. The summed E-state index contributed by atoms with van der Waals surface area (Å²) in [6.45, 7) is 8.00. The maximum atomic E-state index is 11.5. The summed E-state index contributed by atoms with van der Waals surface area (Å²) in [6.07, 6.45) is 1.89. The quantitative estimate of drug-likeness (QED) is 0.764. The number of anilines is 2. The molecule has 0 aliphatic heterocycles. The zero-order chi connectivity index (χ0) is 18.2. The fraction of sp³-hybridized carbons (Fsp3) is 0.333. The number of fused-ring (bicyclic) bond motifs is 1. The summed E-state index contributed by atoms with van der Waals surface area (Å²) < 4.78 is 1.86. The van der Waals surface area contributed by atoms with E-state index in [4.69, 9.17) is 10.8 Å². The lowest BCUT2D eigenvalue weighted by atomic mass is 10.1. The normalized spacial score (nSPS) is 11.7. The molecule has 0 fully saturated rings. The average Bonchev–Trinajstić information content (AvgIpc) is 2.97. The summed E-state index contributed by atoms with van der Waals surface area (Å²) in [5, 5.41) is 8.32. The van der Waals surface area contributed by atoms with Crippen molar-refractivity contribution in [2.24, 2.45) is 0 Å². The molecule has 130 valence electrons. The van der Waals surface area contributed by atoms with Crippen LogP contribution >= 0.6 is 0 Å². The molecule has 0 radical (unpaired) electrons. The first-order valence-corrected chi connectivity index (χ1v) is 8.21. The third kappa shape index (κ3) is 3.17. The minimum Gasteiger partial charge on any atom is -0.383 e. The van der Waals surface area contributed by atoms with Crippen LogP contribution in [0.4, 0.5) is 11.5 Å². The fourth-order valence-corrected chi connectivity index (χ4v) is 2.61. The van der Waals surface area contributed by atoms with E-state index >= 15 is 0 Å². The van der Waals surface area contributed by atoms with Gasteiger partial charge in [0.2, 0.25) is 5.91 Å². The van der Waals surface area contributed by atoms with Crippen LogP contribution in [0.5, 0.6) is 0 Å². The second-order valence-electron chi connectivity index (χ2n) is 6.87. The largest absolute Gasteiger partial charge is 0.383 e. The first-order chi connectivity index (χ1) is 11.8. The molecular formula is C18H22N6O. The highest BCUT2D eigenvalue weighted by atomic mass is 16.1. The van der Waals surface area contributed by atoms with Crippen LogP contribution in [0, 0.1) is 0 Å². The molecule has 2 aromatic heterocycles. The summed E-state index contributed by atoms with van der Waals surface area (Å²) in [7, 11) is 0. The van der Waals surface area contributed by atoms with Gasteiger partial charge in [0.15, 0.2) is 5.65 Å². The molecule has 0 atom stereocenters. The maximum Gasteiger partial charge on any atom is 0.224 e. The third-order valence-corrected chi connectivity index (χ3v) is 3.89. The molecule has 0 saturated carbocycles. The van der Waals surface area contributed by atoms with Crippen LogP contribution in [0.3, 0.4) is 0 Å². The number of benzene rings is 1. The van der Waals surface area contributed by atoms with Gasteiger partial charge in [-0.1, -0.05) is 19.1 Å². The number of carbonyl (C=O) groups excluding carboxylic acids is 1. The van der Waals surface area contributed by atoms with Gasteiger partial charge in [0.1, 0.15) is 17.8 Å². The fourth-order valence-electron chi connectivity index (χ4n) is 2.61. The van der Waals surface area contributed by atoms with Gasteiger partial charge in [0, 0.05) is 17.7 Å². The Hall–Kier alpha value is -2.96. The number of nitrogen functional groups attached to an aromatic ring is 1. The van der Waals surface area contributed by atoms with Crippen molar-refractivity contribution >= 4 is 28.4 Å². The van der Waals surface area contributed by atoms with E-state index in [2.05, 4.69) is 36.1 Å². The van der Waals surface area contributed by atoms with Gasteiger partial charge >= 0.3 is 0 Å². The van der Waals surface area contributed by atoms with Gasteiger partial charge in [-0.3, -0.25) is 4.79 Å². The van der Waals surface area contributed by atoms with Gasteiger partial charge in [-0.05, 0) is 32.9 Å². The molecule has 2 heterocycles. The first-order valence-electron chi connectivity index (χ1n) is 8.21. The Morgan fingerprint density at radius 3 is 2.48 bits per heavy atom. The van der Waals surface area contributed by atoms with E-state index in [1.54, 1.807) is 0 Å². The number of rotatable bonds is 3. The summed E-state index contributed by atoms with van der Waals surface area (Å²) in [6, 6.07) is 7.52. The molecule has 0 aliphatic carbocycles. The number of amides is 1. The average molecular weight is 338 g/mol. The van der Waals surface area contributed by atoms with Gasteiger partial charge in [-0.2, -0.15) is 5.10 Å². The molecule has 1 amide bonds. The Morgan fingerprint density at radius 1 is 1.20 bits per heavy atom. The Morgan fingerprint density at radius 2 is 1.88 bits per heavy atom. The number of hydrogen-bond donors (Lipinski definition) is 2. The van der Waals surface area contributed by atoms with E-state index in [0.29, 0.717) is 17.9 Å².